The smallest absolute Gasteiger partial charge is 0.0960 e. The molecule has 0 aliphatic heterocycles. The Morgan fingerprint density at radius 1 is 1.42 bits per heavy atom. The maximum Gasteiger partial charge on any atom is 0.0960 e. The van der Waals surface area contributed by atoms with E-state index in [-0.39, 0.29) is 5.38 Å². The van der Waals surface area contributed by atoms with Gasteiger partial charge in [0.05, 0.1) is 9.71 Å². The van der Waals surface area contributed by atoms with Gasteiger partial charge in [0.15, 0.2) is 0 Å². The molecular formula is C9H12Cl2S. The summed E-state index contributed by atoms with van der Waals surface area (Å²) in [5.74, 6) is 0.459. The van der Waals surface area contributed by atoms with Crippen molar-refractivity contribution in [3.05, 3.63) is 20.8 Å². The molecule has 68 valence electrons. The van der Waals surface area contributed by atoms with Crippen molar-refractivity contribution in [1.82, 2.24) is 0 Å². The van der Waals surface area contributed by atoms with Crippen LogP contribution in [0.15, 0.2) is 6.07 Å². The van der Waals surface area contributed by atoms with Gasteiger partial charge in [-0.15, -0.1) is 22.9 Å². The lowest BCUT2D eigenvalue weighted by Gasteiger charge is -2.09. The third kappa shape index (κ3) is 2.15. The zero-order valence-electron chi connectivity index (χ0n) is 7.40. The molecule has 1 aromatic rings. The first kappa shape index (κ1) is 10.4. The molecule has 0 N–H and O–H groups in total. The quantitative estimate of drug-likeness (QED) is 0.640. The molecule has 0 aliphatic rings. The zero-order valence-corrected chi connectivity index (χ0v) is 9.72. The van der Waals surface area contributed by atoms with Gasteiger partial charge >= 0.3 is 0 Å². The highest BCUT2D eigenvalue weighted by Crippen LogP contribution is 2.37. The van der Waals surface area contributed by atoms with Gasteiger partial charge in [0.25, 0.3) is 0 Å². The van der Waals surface area contributed by atoms with Crippen molar-refractivity contribution in [2.45, 2.75) is 26.1 Å². The second-order valence-electron chi connectivity index (χ2n) is 3.25. The van der Waals surface area contributed by atoms with Gasteiger partial charge in [-0.3, -0.25) is 0 Å². The normalized spacial score (nSPS) is 13.8. The molecule has 0 fully saturated rings. The van der Waals surface area contributed by atoms with E-state index < -0.39 is 0 Å². The summed E-state index contributed by atoms with van der Waals surface area (Å²) in [6, 6.07) is 2.07. The van der Waals surface area contributed by atoms with Crippen molar-refractivity contribution < 1.29 is 0 Å². The molecule has 3 heteroatoms. The van der Waals surface area contributed by atoms with E-state index in [9.17, 15) is 0 Å². The molecular weight excluding hydrogens is 211 g/mol. The molecule has 0 radical (unpaired) electrons. The van der Waals surface area contributed by atoms with Gasteiger partial charge in [-0.25, -0.2) is 0 Å². The van der Waals surface area contributed by atoms with Crippen molar-refractivity contribution >= 4 is 34.5 Å². The van der Waals surface area contributed by atoms with Crippen LogP contribution in [-0.4, -0.2) is 0 Å². The summed E-state index contributed by atoms with van der Waals surface area (Å²) in [4.78, 5) is 1.18. The molecule has 1 rings (SSSR count). The fourth-order valence-electron chi connectivity index (χ4n) is 0.948. The fourth-order valence-corrected chi connectivity index (χ4v) is 2.51. The summed E-state index contributed by atoms with van der Waals surface area (Å²) in [7, 11) is 0. The Labute approximate surface area is 87.5 Å². The molecule has 1 aromatic heterocycles. The second-order valence-corrected chi connectivity index (χ2v) is 5.41. The maximum atomic E-state index is 6.18. The van der Waals surface area contributed by atoms with Crippen LogP contribution in [0.3, 0.4) is 0 Å². The molecule has 0 bridgehead atoms. The largest absolute Gasteiger partial charge is 0.127 e. The lowest BCUT2D eigenvalue weighted by molar-refractivity contribution is 0.631. The third-order valence-corrected chi connectivity index (χ3v) is 4.24. The summed E-state index contributed by atoms with van der Waals surface area (Å²) in [6.07, 6.45) is 0. The number of halogens is 2. The second kappa shape index (κ2) is 3.99. The highest BCUT2D eigenvalue weighted by atomic mass is 35.5. The van der Waals surface area contributed by atoms with Gasteiger partial charge in [-0.05, 0) is 24.5 Å². The molecule has 1 atom stereocenters. The highest BCUT2D eigenvalue weighted by molar-refractivity contribution is 7.16. The first-order chi connectivity index (χ1) is 5.52. The molecule has 0 nitrogen and oxygen atoms in total. The summed E-state index contributed by atoms with van der Waals surface area (Å²) >= 11 is 13.7. The Hall–Kier alpha value is 0.280. The van der Waals surface area contributed by atoms with Gasteiger partial charge in [0.2, 0.25) is 0 Å². The molecule has 0 spiro atoms. The topological polar surface area (TPSA) is 0 Å². The first-order valence-electron chi connectivity index (χ1n) is 3.92. The van der Waals surface area contributed by atoms with Gasteiger partial charge in [0, 0.05) is 4.88 Å². The minimum absolute atomic E-state index is 0.0983. The predicted molar refractivity (Wildman–Crippen MR) is 57.5 cm³/mol. The molecule has 1 unspecified atom stereocenters. The molecule has 0 saturated heterocycles. The fraction of sp³-hybridized carbons (Fsp3) is 0.556. The van der Waals surface area contributed by atoms with Crippen molar-refractivity contribution in [2.24, 2.45) is 5.92 Å². The van der Waals surface area contributed by atoms with Crippen LogP contribution in [0.1, 0.15) is 29.7 Å². The summed E-state index contributed by atoms with van der Waals surface area (Å²) in [5, 5.41) is 0.0983. The molecule has 0 aromatic carbocycles. The Bertz CT molecular complexity index is 246. The number of hydrogen-bond donors (Lipinski definition) is 0. The zero-order chi connectivity index (χ0) is 9.30. The van der Waals surface area contributed by atoms with E-state index in [1.807, 2.05) is 6.92 Å². The lowest BCUT2D eigenvalue weighted by Crippen LogP contribution is -1.95. The minimum Gasteiger partial charge on any atom is -0.127 e. The number of aryl methyl sites for hydroxylation is 1. The summed E-state index contributed by atoms with van der Waals surface area (Å²) in [5.41, 5.74) is 1.13. The van der Waals surface area contributed by atoms with Crippen LogP contribution in [0.4, 0.5) is 0 Å². The van der Waals surface area contributed by atoms with E-state index in [4.69, 9.17) is 23.2 Å². The third-order valence-electron chi connectivity index (χ3n) is 1.73. The minimum atomic E-state index is 0.0983. The summed E-state index contributed by atoms with van der Waals surface area (Å²) < 4.78 is 0.858. The van der Waals surface area contributed by atoms with Crippen LogP contribution >= 0.6 is 34.5 Å². The molecule has 12 heavy (non-hydrogen) atoms. The number of rotatable bonds is 2. The van der Waals surface area contributed by atoms with Crippen molar-refractivity contribution in [3.63, 3.8) is 0 Å². The molecule has 1 heterocycles. The number of thiophene rings is 1. The standard InChI is InChI=1S/C9H12Cl2S/c1-5(2)8(10)7-4-6(3)9(11)12-7/h4-5,8H,1-3H3. The SMILES string of the molecule is Cc1cc(C(Cl)C(C)C)sc1Cl. The van der Waals surface area contributed by atoms with E-state index in [0.717, 1.165) is 9.90 Å². The molecule has 0 amide bonds. The van der Waals surface area contributed by atoms with E-state index >= 15 is 0 Å². The van der Waals surface area contributed by atoms with Gasteiger partial charge < -0.3 is 0 Å². The Kier molecular flexibility index (Phi) is 3.45. The molecule has 0 saturated carbocycles. The van der Waals surface area contributed by atoms with Crippen molar-refractivity contribution in [2.75, 3.05) is 0 Å². The first-order valence-corrected chi connectivity index (χ1v) is 5.55. The monoisotopic (exact) mass is 222 g/mol. The average molecular weight is 223 g/mol. The maximum absolute atomic E-state index is 6.18. The van der Waals surface area contributed by atoms with Gasteiger partial charge in [-0.1, -0.05) is 25.4 Å². The van der Waals surface area contributed by atoms with Crippen LogP contribution in [-0.2, 0) is 0 Å². The van der Waals surface area contributed by atoms with E-state index in [0.29, 0.717) is 5.92 Å². The Morgan fingerprint density at radius 3 is 2.33 bits per heavy atom. The number of hydrogen-bond acceptors (Lipinski definition) is 1. The van der Waals surface area contributed by atoms with Gasteiger partial charge in [0.1, 0.15) is 0 Å². The van der Waals surface area contributed by atoms with Crippen LogP contribution in [0.25, 0.3) is 0 Å². The van der Waals surface area contributed by atoms with E-state index in [1.54, 1.807) is 11.3 Å². The van der Waals surface area contributed by atoms with Crippen LogP contribution in [0.5, 0.6) is 0 Å². The van der Waals surface area contributed by atoms with Crippen molar-refractivity contribution in [1.29, 1.82) is 0 Å². The number of alkyl halides is 1. The lowest BCUT2D eigenvalue weighted by atomic mass is 10.1. The van der Waals surface area contributed by atoms with Gasteiger partial charge in [-0.2, -0.15) is 0 Å². The summed E-state index contributed by atoms with van der Waals surface area (Å²) in [6.45, 7) is 6.23. The predicted octanol–water partition coefficient (Wildman–Crippen LogP) is 4.65. The van der Waals surface area contributed by atoms with Crippen molar-refractivity contribution in [3.8, 4) is 0 Å². The van der Waals surface area contributed by atoms with E-state index in [2.05, 4.69) is 19.9 Å². The average Bonchev–Trinajstić information content (AvgIpc) is 2.30. The Balaban J connectivity index is 2.89. The van der Waals surface area contributed by atoms with E-state index in [1.165, 1.54) is 4.88 Å². The highest BCUT2D eigenvalue weighted by Gasteiger charge is 2.15. The molecule has 0 aliphatic carbocycles. The van der Waals surface area contributed by atoms with Crippen LogP contribution in [0, 0.1) is 12.8 Å². The van der Waals surface area contributed by atoms with Crippen LogP contribution < -0.4 is 0 Å². The Morgan fingerprint density at radius 2 is 2.00 bits per heavy atom. The van der Waals surface area contributed by atoms with Crippen LogP contribution in [0.2, 0.25) is 4.34 Å².